The number of nitrogens with one attached hydrogen (secondary N) is 1. The van der Waals surface area contributed by atoms with E-state index >= 15 is 0 Å². The van der Waals surface area contributed by atoms with Crippen LogP contribution < -0.4 is 15.8 Å². The Morgan fingerprint density at radius 2 is 2.22 bits per heavy atom. The minimum atomic E-state index is 0.102. The van der Waals surface area contributed by atoms with Crippen LogP contribution in [0, 0.1) is 12.3 Å². The summed E-state index contributed by atoms with van der Waals surface area (Å²) in [6, 6.07) is 2.46. The Bertz CT molecular complexity index is 433. The summed E-state index contributed by atoms with van der Waals surface area (Å²) in [7, 11) is 0. The molecule has 1 aliphatic carbocycles. The topological polar surface area (TPSA) is 73.1 Å². The quantitative estimate of drug-likeness (QED) is 0.851. The maximum absolute atomic E-state index is 6.01. The molecule has 1 aliphatic rings. The molecule has 0 spiro atoms. The van der Waals surface area contributed by atoms with Gasteiger partial charge in [-0.15, -0.1) is 0 Å². The molecule has 0 radical (unpaired) electrons. The third-order valence-electron chi connectivity index (χ3n) is 3.77. The van der Waals surface area contributed by atoms with Crippen molar-refractivity contribution in [2.45, 2.75) is 46.2 Å². The summed E-state index contributed by atoms with van der Waals surface area (Å²) in [6.07, 6.45) is 0.972. The largest absolute Gasteiger partial charge is 0.478 e. The molecule has 2 rings (SSSR count). The Labute approximate surface area is 108 Å². The maximum Gasteiger partial charge on any atom is 0.218 e. The van der Waals surface area contributed by atoms with E-state index < -0.39 is 0 Å². The van der Waals surface area contributed by atoms with Crippen molar-refractivity contribution in [1.82, 2.24) is 9.97 Å². The zero-order valence-corrected chi connectivity index (χ0v) is 11.5. The molecule has 0 amide bonds. The lowest BCUT2D eigenvalue weighted by atomic mass is 9.63. The first kappa shape index (κ1) is 13.1. The lowest BCUT2D eigenvalue weighted by Crippen LogP contribution is -2.61. The third-order valence-corrected chi connectivity index (χ3v) is 3.77. The average Bonchev–Trinajstić information content (AvgIpc) is 2.28. The highest BCUT2D eigenvalue weighted by Crippen LogP contribution is 2.40. The van der Waals surface area contributed by atoms with Crippen LogP contribution in [0.3, 0.4) is 0 Å². The molecule has 3 N–H and O–H groups in total. The molecule has 5 nitrogen and oxygen atoms in total. The molecule has 0 bridgehead atoms. The highest BCUT2D eigenvalue weighted by Gasteiger charge is 2.46. The zero-order valence-electron chi connectivity index (χ0n) is 11.5. The Kier molecular flexibility index (Phi) is 3.43. The van der Waals surface area contributed by atoms with E-state index in [1.54, 1.807) is 0 Å². The molecule has 2 atom stereocenters. The van der Waals surface area contributed by atoms with Gasteiger partial charge < -0.3 is 15.8 Å². The van der Waals surface area contributed by atoms with E-state index in [-0.39, 0.29) is 11.5 Å². The van der Waals surface area contributed by atoms with Gasteiger partial charge in [-0.05, 0) is 20.3 Å². The van der Waals surface area contributed by atoms with Gasteiger partial charge in [0.05, 0.1) is 6.61 Å². The highest BCUT2D eigenvalue weighted by molar-refractivity contribution is 5.41. The van der Waals surface area contributed by atoms with Gasteiger partial charge in [-0.25, -0.2) is 4.98 Å². The van der Waals surface area contributed by atoms with E-state index in [4.69, 9.17) is 10.5 Å². The summed E-state index contributed by atoms with van der Waals surface area (Å²) in [6.45, 7) is 8.77. The van der Waals surface area contributed by atoms with E-state index in [2.05, 4.69) is 29.1 Å². The van der Waals surface area contributed by atoms with E-state index in [0.717, 1.165) is 12.2 Å². The van der Waals surface area contributed by atoms with Gasteiger partial charge in [0.1, 0.15) is 11.6 Å². The minimum Gasteiger partial charge on any atom is -0.478 e. The van der Waals surface area contributed by atoms with Gasteiger partial charge in [0.2, 0.25) is 5.88 Å². The van der Waals surface area contributed by atoms with Crippen molar-refractivity contribution in [1.29, 1.82) is 0 Å². The average molecular weight is 250 g/mol. The van der Waals surface area contributed by atoms with E-state index in [0.29, 0.717) is 24.4 Å². The molecular weight excluding hydrogens is 228 g/mol. The van der Waals surface area contributed by atoms with Crippen molar-refractivity contribution >= 4 is 5.82 Å². The predicted octanol–water partition coefficient (Wildman–Crippen LogP) is 1.72. The van der Waals surface area contributed by atoms with Crippen LogP contribution in [-0.2, 0) is 0 Å². The van der Waals surface area contributed by atoms with E-state index in [1.165, 1.54) is 0 Å². The second-order valence-corrected chi connectivity index (χ2v) is 5.43. The van der Waals surface area contributed by atoms with Crippen LogP contribution in [0.25, 0.3) is 0 Å². The maximum atomic E-state index is 6.01. The Balaban J connectivity index is 2.10. The first-order chi connectivity index (χ1) is 8.43. The highest BCUT2D eigenvalue weighted by atomic mass is 16.5. The zero-order chi connectivity index (χ0) is 13.3. The molecule has 100 valence electrons. The lowest BCUT2D eigenvalue weighted by Gasteiger charge is -2.50. The van der Waals surface area contributed by atoms with E-state index in [9.17, 15) is 0 Å². The van der Waals surface area contributed by atoms with Gasteiger partial charge >= 0.3 is 0 Å². The molecule has 1 saturated carbocycles. The molecule has 1 fully saturated rings. The molecular formula is C13H22N4O. The van der Waals surface area contributed by atoms with Crippen LogP contribution in [0.15, 0.2) is 6.07 Å². The number of aryl methyl sites for hydroxylation is 1. The third kappa shape index (κ3) is 2.41. The molecule has 5 heteroatoms. The van der Waals surface area contributed by atoms with Crippen molar-refractivity contribution in [3.8, 4) is 5.88 Å². The fraction of sp³-hybridized carbons (Fsp3) is 0.692. The number of hydrogen-bond donors (Lipinski definition) is 2. The van der Waals surface area contributed by atoms with Crippen LogP contribution in [0.5, 0.6) is 5.88 Å². The normalized spacial score (nSPS) is 25.4. The molecule has 0 aliphatic heterocycles. The van der Waals surface area contributed by atoms with Crippen molar-refractivity contribution in [3.05, 3.63) is 11.9 Å². The fourth-order valence-corrected chi connectivity index (χ4v) is 2.22. The summed E-state index contributed by atoms with van der Waals surface area (Å²) in [5, 5.41) is 3.43. The van der Waals surface area contributed by atoms with Gasteiger partial charge in [-0.3, -0.25) is 0 Å². The SMILES string of the molecule is CCOc1cc(NC2CC(N)C2(C)C)nc(C)n1. The summed E-state index contributed by atoms with van der Waals surface area (Å²) in [5.74, 6) is 2.15. The number of ether oxygens (including phenoxy) is 1. The number of nitrogens with zero attached hydrogens (tertiary/aromatic N) is 2. The van der Waals surface area contributed by atoms with Gasteiger partial charge in [0.25, 0.3) is 0 Å². The van der Waals surface area contributed by atoms with Crippen LogP contribution in [0.2, 0.25) is 0 Å². The first-order valence-corrected chi connectivity index (χ1v) is 6.44. The summed E-state index contributed by atoms with van der Waals surface area (Å²) >= 11 is 0. The second kappa shape index (κ2) is 4.72. The summed E-state index contributed by atoms with van der Waals surface area (Å²) in [4.78, 5) is 8.61. The van der Waals surface area contributed by atoms with Gasteiger partial charge in [0.15, 0.2) is 0 Å². The molecule has 2 unspecified atom stereocenters. The fourth-order valence-electron chi connectivity index (χ4n) is 2.22. The van der Waals surface area contributed by atoms with Crippen molar-refractivity contribution in [2.24, 2.45) is 11.1 Å². The van der Waals surface area contributed by atoms with Crippen molar-refractivity contribution in [3.63, 3.8) is 0 Å². The standard InChI is InChI=1S/C13H22N4O/c1-5-18-12-7-11(15-8(2)16-12)17-10-6-9(14)13(10,3)4/h7,9-10H,5-6,14H2,1-4H3,(H,15,16,17). The minimum absolute atomic E-state index is 0.102. The van der Waals surface area contributed by atoms with Gasteiger partial charge in [0, 0.05) is 23.6 Å². The van der Waals surface area contributed by atoms with E-state index in [1.807, 2.05) is 19.9 Å². The molecule has 0 aromatic carbocycles. The molecule has 0 saturated heterocycles. The van der Waals surface area contributed by atoms with Crippen molar-refractivity contribution in [2.75, 3.05) is 11.9 Å². The lowest BCUT2D eigenvalue weighted by molar-refractivity contribution is 0.117. The Hall–Kier alpha value is -1.36. The number of hydrogen-bond acceptors (Lipinski definition) is 5. The second-order valence-electron chi connectivity index (χ2n) is 5.43. The van der Waals surface area contributed by atoms with Crippen LogP contribution in [0.1, 0.15) is 33.0 Å². The van der Waals surface area contributed by atoms with Gasteiger partial charge in [-0.1, -0.05) is 13.8 Å². The monoisotopic (exact) mass is 250 g/mol. The summed E-state index contributed by atoms with van der Waals surface area (Å²) < 4.78 is 5.42. The predicted molar refractivity (Wildman–Crippen MR) is 71.7 cm³/mol. The number of nitrogens with two attached hydrogens (primary N) is 1. The number of anilines is 1. The first-order valence-electron chi connectivity index (χ1n) is 6.44. The smallest absolute Gasteiger partial charge is 0.218 e. The Morgan fingerprint density at radius 1 is 1.50 bits per heavy atom. The van der Waals surface area contributed by atoms with Crippen molar-refractivity contribution < 1.29 is 4.74 Å². The molecule has 1 aromatic heterocycles. The number of aromatic nitrogens is 2. The van der Waals surface area contributed by atoms with Crippen LogP contribution in [-0.4, -0.2) is 28.7 Å². The molecule has 1 aromatic rings. The number of rotatable bonds is 4. The van der Waals surface area contributed by atoms with Crippen LogP contribution in [0.4, 0.5) is 5.82 Å². The summed E-state index contributed by atoms with van der Waals surface area (Å²) in [5.41, 5.74) is 6.11. The molecule has 1 heterocycles. The van der Waals surface area contributed by atoms with Crippen LogP contribution >= 0.6 is 0 Å². The molecule has 18 heavy (non-hydrogen) atoms. The van der Waals surface area contributed by atoms with Gasteiger partial charge in [-0.2, -0.15) is 4.98 Å². The Morgan fingerprint density at radius 3 is 2.78 bits per heavy atom.